The Morgan fingerprint density at radius 2 is 1.49 bits per heavy atom. The Kier molecular flexibility index (Phi) is 13.6. The highest BCUT2D eigenvalue weighted by atomic mass is 32.2. The van der Waals surface area contributed by atoms with E-state index in [1.165, 1.54) is 64.7 Å². The maximum atomic E-state index is 13.0. The third-order valence-electron chi connectivity index (χ3n) is 6.90. The molecule has 1 heterocycles. The minimum absolute atomic E-state index is 0.00294. The molecule has 2 amide bonds. The number of ether oxygens (including phenoxy) is 5. The average molecular weight is 706 g/mol. The zero-order chi connectivity index (χ0) is 36.1. The van der Waals surface area contributed by atoms with Crippen molar-refractivity contribution in [3.63, 3.8) is 0 Å². The Balaban J connectivity index is 1.52. The van der Waals surface area contributed by atoms with Gasteiger partial charge < -0.3 is 49.0 Å². The minimum Gasteiger partial charge on any atom is -0.496 e. The van der Waals surface area contributed by atoms with Gasteiger partial charge in [-0.2, -0.15) is 0 Å². The van der Waals surface area contributed by atoms with Crippen LogP contribution in [-0.4, -0.2) is 94.8 Å². The lowest BCUT2D eigenvalue weighted by molar-refractivity contribution is -0.145. The van der Waals surface area contributed by atoms with Gasteiger partial charge in [0.2, 0.25) is 17.7 Å². The predicted octanol–water partition coefficient (Wildman–Crippen LogP) is 2.89. The molecule has 0 aliphatic rings. The average Bonchev–Trinajstić information content (AvgIpc) is 3.38. The highest BCUT2D eigenvalue weighted by molar-refractivity contribution is 7.93. The Labute approximate surface area is 283 Å². The summed E-state index contributed by atoms with van der Waals surface area (Å²) in [6.45, 7) is 0.143. The molecule has 0 aliphatic heterocycles. The van der Waals surface area contributed by atoms with E-state index >= 15 is 0 Å². The van der Waals surface area contributed by atoms with Gasteiger partial charge >= 0.3 is 12.1 Å². The lowest BCUT2D eigenvalue weighted by atomic mass is 10.1. The second kappa shape index (κ2) is 17.5. The molecule has 16 nitrogen and oxygen atoms in total. The smallest absolute Gasteiger partial charge is 0.412 e. The number of aromatic nitrogens is 1. The van der Waals surface area contributed by atoms with Crippen LogP contribution in [0.2, 0.25) is 0 Å². The van der Waals surface area contributed by atoms with E-state index in [0.29, 0.717) is 33.1 Å². The Morgan fingerprint density at radius 1 is 0.857 bits per heavy atom. The fourth-order valence-corrected chi connectivity index (χ4v) is 5.43. The highest BCUT2D eigenvalue weighted by Gasteiger charge is 2.18. The first-order valence-electron chi connectivity index (χ1n) is 14.7. The van der Waals surface area contributed by atoms with Crippen molar-refractivity contribution in [2.24, 2.45) is 0 Å². The molecule has 0 atom stereocenters. The second-order valence-corrected chi connectivity index (χ2v) is 12.2. The summed E-state index contributed by atoms with van der Waals surface area (Å²) in [5, 5.41) is 22.6. The summed E-state index contributed by atoms with van der Waals surface area (Å²) >= 11 is 0. The summed E-state index contributed by atoms with van der Waals surface area (Å²) in [6, 6.07) is 9.85. The number of aromatic hydroxyl groups is 2. The molecular weight excluding hydrogens is 666 g/mol. The van der Waals surface area contributed by atoms with Crippen molar-refractivity contribution in [3.05, 3.63) is 59.0 Å². The first-order chi connectivity index (χ1) is 23.3. The van der Waals surface area contributed by atoms with Gasteiger partial charge in [-0.05, 0) is 30.2 Å². The van der Waals surface area contributed by atoms with Crippen LogP contribution in [0.25, 0.3) is 6.08 Å². The van der Waals surface area contributed by atoms with E-state index in [-0.39, 0.29) is 49.8 Å². The molecular formula is C32H39N3O13S. The van der Waals surface area contributed by atoms with Gasteiger partial charge in [0.1, 0.15) is 17.2 Å². The number of carbonyl (C=O) groups is 3. The van der Waals surface area contributed by atoms with Crippen molar-refractivity contribution in [2.45, 2.75) is 25.0 Å². The standard InChI is InChI=1S/C32H39N3O13S/c1-34(28(36)7-6-8-31(39)48-35-29(37)11-12-30(35)38)15-14-33-32(40)47-27-17-21(9-10-24(27)44-3)20-49(41,42)16-13-23-25(45-4)18-22(43-2)19-26(23)46-5/h9-13,16-19,37-38H,6-8,14-15,20H2,1-5H3,(H,33,40). The lowest BCUT2D eigenvalue weighted by Gasteiger charge is -2.17. The second-order valence-electron chi connectivity index (χ2n) is 10.3. The molecule has 17 heteroatoms. The van der Waals surface area contributed by atoms with Gasteiger partial charge in [0, 0.05) is 62.7 Å². The maximum absolute atomic E-state index is 13.0. The van der Waals surface area contributed by atoms with Gasteiger partial charge in [-0.3, -0.25) is 4.79 Å². The summed E-state index contributed by atoms with van der Waals surface area (Å²) in [7, 11) is 3.41. The number of rotatable bonds is 17. The largest absolute Gasteiger partial charge is 0.496 e. The lowest BCUT2D eigenvalue weighted by Crippen LogP contribution is -2.37. The summed E-state index contributed by atoms with van der Waals surface area (Å²) in [4.78, 5) is 43.1. The van der Waals surface area contributed by atoms with Gasteiger partial charge in [0.05, 0.1) is 39.8 Å². The third kappa shape index (κ3) is 11.0. The van der Waals surface area contributed by atoms with Gasteiger partial charge in [0.15, 0.2) is 21.3 Å². The molecule has 0 radical (unpaired) electrons. The molecule has 3 rings (SSSR count). The van der Waals surface area contributed by atoms with E-state index in [1.54, 1.807) is 12.1 Å². The number of nitrogens with one attached hydrogen (secondary N) is 1. The van der Waals surface area contributed by atoms with Crippen LogP contribution in [0.4, 0.5) is 4.79 Å². The fraction of sp³-hybridized carbons (Fsp3) is 0.344. The molecule has 266 valence electrons. The van der Waals surface area contributed by atoms with Crippen LogP contribution >= 0.6 is 0 Å². The number of nitrogens with zero attached hydrogens (tertiary/aromatic N) is 2. The number of sulfone groups is 1. The molecule has 0 fully saturated rings. The highest BCUT2D eigenvalue weighted by Crippen LogP contribution is 2.35. The van der Waals surface area contributed by atoms with E-state index in [2.05, 4.69) is 5.32 Å². The topological polar surface area (TPSA) is 201 Å². The summed E-state index contributed by atoms with van der Waals surface area (Å²) < 4.78 is 53.2. The van der Waals surface area contributed by atoms with Crippen molar-refractivity contribution in [1.82, 2.24) is 14.9 Å². The third-order valence-corrected chi connectivity index (χ3v) is 8.18. The zero-order valence-electron chi connectivity index (χ0n) is 27.6. The predicted molar refractivity (Wildman–Crippen MR) is 176 cm³/mol. The number of carbonyl (C=O) groups excluding carboxylic acids is 3. The van der Waals surface area contributed by atoms with E-state index in [9.17, 15) is 33.0 Å². The fourth-order valence-electron chi connectivity index (χ4n) is 4.34. The number of likely N-dealkylation sites (N-methyl/N-ethyl adjacent to an activating group) is 1. The SMILES string of the molecule is COc1cc(OC)c(C=CS(=O)(=O)Cc2ccc(OC)c(OC(=O)NCCN(C)C(=O)CCCC(=O)On3c(O)ccc3O)c2)c(OC)c1. The van der Waals surface area contributed by atoms with Crippen molar-refractivity contribution in [1.29, 1.82) is 0 Å². The maximum Gasteiger partial charge on any atom is 0.412 e. The van der Waals surface area contributed by atoms with Crippen LogP contribution in [0.5, 0.6) is 40.5 Å². The monoisotopic (exact) mass is 705 g/mol. The van der Waals surface area contributed by atoms with E-state index in [0.717, 1.165) is 17.5 Å². The molecule has 3 N–H and O–H groups in total. The number of benzene rings is 2. The molecule has 0 bridgehead atoms. The molecule has 3 aromatic rings. The van der Waals surface area contributed by atoms with Crippen LogP contribution in [0.3, 0.4) is 0 Å². The van der Waals surface area contributed by atoms with E-state index < -0.39 is 39.4 Å². The summed E-state index contributed by atoms with van der Waals surface area (Å²) in [6.07, 6.45) is 0.498. The first kappa shape index (κ1) is 37.9. The summed E-state index contributed by atoms with van der Waals surface area (Å²) in [5.74, 6) is -1.06. The number of hydrogen-bond acceptors (Lipinski definition) is 13. The number of methoxy groups -OCH3 is 4. The molecule has 0 spiro atoms. The van der Waals surface area contributed by atoms with Crippen LogP contribution in [0.15, 0.2) is 47.9 Å². The van der Waals surface area contributed by atoms with E-state index in [4.69, 9.17) is 28.5 Å². The van der Waals surface area contributed by atoms with Crippen molar-refractivity contribution >= 4 is 33.9 Å². The van der Waals surface area contributed by atoms with Crippen molar-refractivity contribution in [2.75, 3.05) is 48.6 Å². The molecule has 0 unspecified atom stereocenters. The Morgan fingerprint density at radius 3 is 2.08 bits per heavy atom. The van der Waals surface area contributed by atoms with E-state index in [1.807, 2.05) is 0 Å². The van der Waals surface area contributed by atoms with Gasteiger partial charge in [-0.25, -0.2) is 18.0 Å². The molecule has 0 saturated carbocycles. The zero-order valence-corrected chi connectivity index (χ0v) is 28.4. The Bertz CT molecular complexity index is 1720. The number of hydrogen-bond donors (Lipinski definition) is 3. The van der Waals surface area contributed by atoms with Gasteiger partial charge in [-0.1, -0.05) is 6.07 Å². The molecule has 2 aromatic carbocycles. The number of amides is 2. The summed E-state index contributed by atoms with van der Waals surface area (Å²) in [5.41, 5.74) is 0.715. The van der Waals surface area contributed by atoms with Crippen LogP contribution in [0.1, 0.15) is 30.4 Å². The van der Waals surface area contributed by atoms with Gasteiger partial charge in [-0.15, -0.1) is 4.73 Å². The minimum atomic E-state index is -3.83. The van der Waals surface area contributed by atoms with Gasteiger partial charge in [0.25, 0.3) is 0 Å². The molecule has 0 saturated heterocycles. The van der Waals surface area contributed by atoms with Crippen LogP contribution < -0.4 is 33.8 Å². The Hall–Kier alpha value is -5.58. The first-order valence-corrected chi connectivity index (χ1v) is 16.4. The quantitative estimate of drug-likeness (QED) is 0.185. The van der Waals surface area contributed by atoms with Crippen molar-refractivity contribution in [3.8, 4) is 40.5 Å². The van der Waals surface area contributed by atoms with Crippen LogP contribution in [-0.2, 0) is 25.2 Å². The normalized spacial score (nSPS) is 11.1. The van der Waals surface area contributed by atoms with Crippen molar-refractivity contribution < 1.29 is 61.5 Å². The molecule has 0 aliphatic carbocycles. The molecule has 49 heavy (non-hydrogen) atoms. The van der Waals surface area contributed by atoms with Crippen LogP contribution in [0, 0.1) is 0 Å². The molecule has 1 aromatic heterocycles.